The molecule has 1 saturated heterocycles. The lowest BCUT2D eigenvalue weighted by Crippen LogP contribution is -2.40. The predicted octanol–water partition coefficient (Wildman–Crippen LogP) is 4.19. The van der Waals surface area contributed by atoms with Gasteiger partial charge in [0.1, 0.15) is 12.0 Å². The Morgan fingerprint density at radius 1 is 1.13 bits per heavy atom. The number of piperidine rings is 1. The standard InChI is InChI=1S/C21H23F3N6/c1-29-8-2-3-15(11-29)26-20-28-27-19(18-10-25-12-30(18)20)16-7-6-14(13-4-5-13)9-17(16)21(22,23)24/h6-7,9-10,12-13,15H,2-5,8,11H2,1H3,(H,26,28)/t15-/m1/s1. The second-order valence-electron chi connectivity index (χ2n) is 8.34. The van der Waals surface area contributed by atoms with Crippen molar-refractivity contribution in [2.75, 3.05) is 25.5 Å². The minimum absolute atomic E-state index is 0.0360. The molecule has 2 aromatic heterocycles. The summed E-state index contributed by atoms with van der Waals surface area (Å²) in [5, 5.41) is 11.8. The van der Waals surface area contributed by atoms with Crippen LogP contribution in [0.2, 0.25) is 0 Å². The summed E-state index contributed by atoms with van der Waals surface area (Å²) in [6, 6.07) is 4.78. The highest BCUT2D eigenvalue weighted by Crippen LogP contribution is 2.44. The van der Waals surface area contributed by atoms with Crippen LogP contribution in [0.1, 0.15) is 42.7 Å². The summed E-state index contributed by atoms with van der Waals surface area (Å²) in [5.74, 6) is 0.733. The van der Waals surface area contributed by atoms with Crippen molar-refractivity contribution < 1.29 is 13.2 Å². The van der Waals surface area contributed by atoms with E-state index < -0.39 is 11.7 Å². The number of anilines is 1. The van der Waals surface area contributed by atoms with Gasteiger partial charge in [0.2, 0.25) is 5.95 Å². The van der Waals surface area contributed by atoms with Crippen molar-refractivity contribution >= 4 is 11.5 Å². The maximum atomic E-state index is 13.9. The van der Waals surface area contributed by atoms with E-state index in [9.17, 15) is 13.2 Å². The molecule has 1 aliphatic heterocycles. The van der Waals surface area contributed by atoms with E-state index in [1.54, 1.807) is 16.8 Å². The van der Waals surface area contributed by atoms with Crippen LogP contribution in [-0.4, -0.2) is 50.7 Å². The first-order valence-electron chi connectivity index (χ1n) is 10.3. The van der Waals surface area contributed by atoms with Crippen LogP contribution < -0.4 is 5.32 Å². The van der Waals surface area contributed by atoms with Crippen molar-refractivity contribution in [1.82, 2.24) is 24.5 Å². The number of aromatic nitrogens is 4. The van der Waals surface area contributed by atoms with Gasteiger partial charge in [-0.15, -0.1) is 10.2 Å². The molecule has 1 atom stereocenters. The fourth-order valence-corrected chi connectivity index (χ4v) is 4.27. The molecule has 0 bridgehead atoms. The highest BCUT2D eigenvalue weighted by molar-refractivity contribution is 5.79. The molecule has 1 aliphatic carbocycles. The zero-order valence-corrected chi connectivity index (χ0v) is 16.7. The molecule has 0 radical (unpaired) electrons. The lowest BCUT2D eigenvalue weighted by molar-refractivity contribution is -0.137. The van der Waals surface area contributed by atoms with Gasteiger partial charge in [-0.2, -0.15) is 13.2 Å². The lowest BCUT2D eigenvalue weighted by Gasteiger charge is -2.30. The maximum Gasteiger partial charge on any atom is 0.417 e. The summed E-state index contributed by atoms with van der Waals surface area (Å²) in [7, 11) is 2.07. The highest BCUT2D eigenvalue weighted by Gasteiger charge is 2.36. The Labute approximate surface area is 172 Å². The normalized spacial score (nSPS) is 20.6. The first-order valence-corrected chi connectivity index (χ1v) is 10.3. The highest BCUT2D eigenvalue weighted by atomic mass is 19.4. The van der Waals surface area contributed by atoms with Gasteiger partial charge in [-0.1, -0.05) is 12.1 Å². The Hall–Kier alpha value is -2.68. The average molecular weight is 416 g/mol. The molecule has 6 nitrogen and oxygen atoms in total. The van der Waals surface area contributed by atoms with Crippen molar-refractivity contribution in [3.63, 3.8) is 0 Å². The molecule has 0 unspecified atom stereocenters. The number of likely N-dealkylation sites (tertiary alicyclic amines) is 1. The molecule has 3 aromatic rings. The van der Waals surface area contributed by atoms with E-state index in [1.165, 1.54) is 18.3 Å². The number of hydrogen-bond donors (Lipinski definition) is 1. The molecule has 2 fully saturated rings. The van der Waals surface area contributed by atoms with Gasteiger partial charge in [0, 0.05) is 18.2 Å². The number of benzene rings is 1. The van der Waals surface area contributed by atoms with Crippen molar-refractivity contribution in [3.05, 3.63) is 41.9 Å². The topological polar surface area (TPSA) is 58.3 Å². The van der Waals surface area contributed by atoms with Gasteiger partial charge in [0.25, 0.3) is 0 Å². The van der Waals surface area contributed by atoms with Crippen LogP contribution in [0.5, 0.6) is 0 Å². The van der Waals surface area contributed by atoms with E-state index in [1.807, 2.05) is 0 Å². The summed E-state index contributed by atoms with van der Waals surface area (Å²) in [6.07, 6.45) is 2.60. The van der Waals surface area contributed by atoms with Crippen LogP contribution in [-0.2, 0) is 6.18 Å². The smallest absolute Gasteiger partial charge is 0.350 e. The molecule has 0 spiro atoms. The van der Waals surface area contributed by atoms with Crippen LogP contribution >= 0.6 is 0 Å². The average Bonchev–Trinajstić information content (AvgIpc) is 3.43. The van der Waals surface area contributed by atoms with Crippen LogP contribution in [0.15, 0.2) is 30.7 Å². The van der Waals surface area contributed by atoms with E-state index in [0.29, 0.717) is 11.5 Å². The summed E-state index contributed by atoms with van der Waals surface area (Å²) < 4.78 is 43.3. The number of nitrogens with one attached hydrogen (secondary N) is 1. The third-order valence-electron chi connectivity index (χ3n) is 5.96. The van der Waals surface area contributed by atoms with Crippen molar-refractivity contribution in [1.29, 1.82) is 0 Å². The van der Waals surface area contributed by atoms with Gasteiger partial charge in [-0.05, 0) is 56.8 Å². The van der Waals surface area contributed by atoms with Gasteiger partial charge in [0.15, 0.2) is 0 Å². The number of imidazole rings is 1. The molecule has 2 aliphatic rings. The van der Waals surface area contributed by atoms with Gasteiger partial charge >= 0.3 is 6.18 Å². The summed E-state index contributed by atoms with van der Waals surface area (Å²) >= 11 is 0. The second-order valence-corrected chi connectivity index (χ2v) is 8.34. The molecular formula is C21H23F3N6. The Bertz CT molecular complexity index is 1070. The summed E-state index contributed by atoms with van der Waals surface area (Å²) in [5.41, 5.74) is 0.797. The molecule has 5 rings (SSSR count). The Kier molecular flexibility index (Phi) is 4.65. The van der Waals surface area contributed by atoms with Crippen molar-refractivity contribution in [2.24, 2.45) is 0 Å². The molecule has 1 N–H and O–H groups in total. The van der Waals surface area contributed by atoms with Crippen molar-refractivity contribution in [2.45, 2.75) is 43.8 Å². The monoisotopic (exact) mass is 416 g/mol. The van der Waals surface area contributed by atoms with Gasteiger partial charge in [-0.25, -0.2) is 4.98 Å². The fraction of sp³-hybridized carbons (Fsp3) is 0.476. The molecule has 0 amide bonds. The molecule has 158 valence electrons. The quantitative estimate of drug-likeness (QED) is 0.691. The third kappa shape index (κ3) is 3.62. The van der Waals surface area contributed by atoms with E-state index in [4.69, 9.17) is 0 Å². The van der Waals surface area contributed by atoms with Crippen molar-refractivity contribution in [3.8, 4) is 11.3 Å². The Morgan fingerprint density at radius 2 is 1.97 bits per heavy atom. The minimum Gasteiger partial charge on any atom is -0.350 e. The molecular weight excluding hydrogens is 393 g/mol. The zero-order chi connectivity index (χ0) is 20.9. The number of likely N-dealkylation sites (N-methyl/N-ethyl adjacent to an activating group) is 1. The van der Waals surface area contributed by atoms with Crippen LogP contribution in [0.3, 0.4) is 0 Å². The summed E-state index contributed by atoms with van der Waals surface area (Å²) in [6.45, 7) is 1.93. The van der Waals surface area contributed by atoms with Gasteiger partial charge in [-0.3, -0.25) is 4.40 Å². The number of hydrogen-bond acceptors (Lipinski definition) is 5. The van der Waals surface area contributed by atoms with Gasteiger partial charge in [0.05, 0.1) is 17.3 Å². The first-order chi connectivity index (χ1) is 14.4. The number of rotatable bonds is 4. The van der Waals surface area contributed by atoms with Gasteiger partial charge < -0.3 is 10.2 Å². The predicted molar refractivity (Wildman–Crippen MR) is 107 cm³/mol. The minimum atomic E-state index is -4.47. The fourth-order valence-electron chi connectivity index (χ4n) is 4.27. The molecule has 1 saturated carbocycles. The molecule has 30 heavy (non-hydrogen) atoms. The lowest BCUT2D eigenvalue weighted by atomic mass is 9.98. The number of fused-ring (bicyclic) bond motifs is 1. The Morgan fingerprint density at radius 3 is 2.70 bits per heavy atom. The van der Waals surface area contributed by atoms with E-state index in [0.717, 1.165) is 44.3 Å². The molecule has 9 heteroatoms. The zero-order valence-electron chi connectivity index (χ0n) is 16.7. The summed E-state index contributed by atoms with van der Waals surface area (Å²) in [4.78, 5) is 6.40. The maximum absolute atomic E-state index is 13.9. The van der Waals surface area contributed by atoms with E-state index in [-0.39, 0.29) is 23.2 Å². The van der Waals surface area contributed by atoms with E-state index in [2.05, 4.69) is 32.4 Å². The molecule has 3 heterocycles. The van der Waals surface area contributed by atoms with Crippen LogP contribution in [0.25, 0.3) is 16.8 Å². The first kappa shape index (κ1) is 19.3. The number of alkyl halides is 3. The van der Waals surface area contributed by atoms with E-state index >= 15 is 0 Å². The number of halogens is 3. The number of nitrogens with zero attached hydrogens (tertiary/aromatic N) is 5. The molecule has 1 aromatic carbocycles. The van der Waals surface area contributed by atoms with Crippen LogP contribution in [0, 0.1) is 0 Å². The SMILES string of the molecule is CN1CCC[C@@H](Nc2nnc(-c3ccc(C4CC4)cc3C(F)(F)F)c3cncn23)C1. The Balaban J connectivity index is 1.55. The largest absolute Gasteiger partial charge is 0.417 e. The third-order valence-corrected chi connectivity index (χ3v) is 5.96. The van der Waals surface area contributed by atoms with Crippen LogP contribution in [0.4, 0.5) is 19.1 Å². The second kappa shape index (κ2) is 7.23.